The van der Waals surface area contributed by atoms with Crippen molar-refractivity contribution >= 4 is 23.4 Å². The van der Waals surface area contributed by atoms with Gasteiger partial charge in [-0.3, -0.25) is 9.48 Å². The molecule has 1 fully saturated rings. The number of anilines is 3. The molecule has 1 aliphatic carbocycles. The molecule has 0 radical (unpaired) electrons. The molecule has 0 spiro atoms. The number of benzene rings is 1. The monoisotopic (exact) mass is 486 g/mol. The molecule has 1 amide bonds. The average molecular weight is 487 g/mol. The normalized spacial score (nSPS) is 18.5. The molecule has 5 rings (SSSR count). The van der Waals surface area contributed by atoms with Crippen molar-refractivity contribution in [3.05, 3.63) is 47.3 Å². The van der Waals surface area contributed by atoms with Gasteiger partial charge in [-0.1, -0.05) is 6.92 Å². The van der Waals surface area contributed by atoms with E-state index in [1.807, 2.05) is 33.9 Å². The number of fused-ring (bicyclic) bond motifs is 1. The minimum absolute atomic E-state index is 0.00428. The van der Waals surface area contributed by atoms with Crippen molar-refractivity contribution in [2.24, 2.45) is 0 Å². The standard InChI is InChI=1S/C26H30N8O2/c1-15(2)34-21(24(36)33(4)18-5-6-18)11-22(32-34)31-25-28-8-7-20(30-25)16-9-17(12-27)23-19(10-16)26(3,14-35)13-29-23/h7-11,15,18,29,35H,5-6,13-14H2,1-4H3,(H,28,30,31,32). The molecule has 10 heteroatoms. The second-order valence-corrected chi connectivity index (χ2v) is 10.1. The number of amides is 1. The molecular weight excluding hydrogens is 456 g/mol. The number of carbonyl (C=O) groups excluding carboxylic acids is 1. The highest BCUT2D eigenvalue weighted by molar-refractivity contribution is 5.94. The first kappa shape index (κ1) is 23.8. The third-order valence-electron chi connectivity index (χ3n) is 6.96. The number of rotatable bonds is 7. The van der Waals surface area contributed by atoms with E-state index in [9.17, 15) is 15.2 Å². The summed E-state index contributed by atoms with van der Waals surface area (Å²) in [7, 11) is 1.83. The number of aromatic nitrogens is 4. The first-order chi connectivity index (χ1) is 17.2. The number of hydrogen-bond acceptors (Lipinski definition) is 8. The van der Waals surface area contributed by atoms with E-state index in [0.717, 1.165) is 29.7 Å². The molecule has 3 N–H and O–H groups in total. The molecule has 3 aromatic rings. The highest BCUT2D eigenvalue weighted by Gasteiger charge is 2.36. The molecule has 36 heavy (non-hydrogen) atoms. The summed E-state index contributed by atoms with van der Waals surface area (Å²) in [4.78, 5) is 23.8. The Hall–Kier alpha value is -3.97. The smallest absolute Gasteiger partial charge is 0.272 e. The first-order valence-electron chi connectivity index (χ1n) is 12.1. The summed E-state index contributed by atoms with van der Waals surface area (Å²) in [5.41, 5.74) is 3.59. The number of hydrogen-bond donors (Lipinski definition) is 3. The summed E-state index contributed by atoms with van der Waals surface area (Å²) in [6.07, 6.45) is 3.71. The fourth-order valence-corrected chi connectivity index (χ4v) is 4.58. The Morgan fingerprint density at radius 3 is 2.83 bits per heavy atom. The van der Waals surface area contributed by atoms with Gasteiger partial charge in [0.1, 0.15) is 11.8 Å². The number of carbonyl (C=O) groups is 1. The van der Waals surface area contributed by atoms with E-state index in [1.54, 1.807) is 34.0 Å². The van der Waals surface area contributed by atoms with Gasteiger partial charge in [-0.15, -0.1) is 0 Å². The Bertz CT molecular complexity index is 1370. The van der Waals surface area contributed by atoms with E-state index in [1.165, 1.54) is 0 Å². The lowest BCUT2D eigenvalue weighted by Gasteiger charge is -2.21. The highest BCUT2D eigenvalue weighted by atomic mass is 16.3. The van der Waals surface area contributed by atoms with Crippen molar-refractivity contribution in [1.29, 1.82) is 5.26 Å². The van der Waals surface area contributed by atoms with Crippen LogP contribution in [0.15, 0.2) is 30.5 Å². The van der Waals surface area contributed by atoms with Crippen LogP contribution in [0.1, 0.15) is 61.3 Å². The van der Waals surface area contributed by atoms with Gasteiger partial charge in [0.2, 0.25) is 5.95 Å². The summed E-state index contributed by atoms with van der Waals surface area (Å²) in [5.74, 6) is 0.763. The number of aliphatic hydroxyl groups excluding tert-OH is 1. The van der Waals surface area contributed by atoms with E-state index >= 15 is 0 Å². The van der Waals surface area contributed by atoms with E-state index in [0.29, 0.717) is 41.3 Å². The van der Waals surface area contributed by atoms with Gasteiger partial charge in [-0.25, -0.2) is 9.97 Å². The maximum Gasteiger partial charge on any atom is 0.272 e. The third-order valence-corrected chi connectivity index (χ3v) is 6.96. The largest absolute Gasteiger partial charge is 0.395 e. The maximum absolute atomic E-state index is 13.0. The molecule has 2 aliphatic rings. The fourth-order valence-electron chi connectivity index (χ4n) is 4.58. The van der Waals surface area contributed by atoms with Crippen LogP contribution in [0, 0.1) is 11.3 Å². The summed E-state index contributed by atoms with van der Waals surface area (Å²) in [6.45, 7) is 6.46. The second kappa shape index (κ2) is 8.91. The summed E-state index contributed by atoms with van der Waals surface area (Å²) in [6, 6.07) is 9.83. The van der Waals surface area contributed by atoms with Crippen LogP contribution in [0.4, 0.5) is 17.5 Å². The van der Waals surface area contributed by atoms with Crippen LogP contribution in [-0.2, 0) is 5.41 Å². The van der Waals surface area contributed by atoms with Crippen molar-refractivity contribution < 1.29 is 9.90 Å². The van der Waals surface area contributed by atoms with Crippen LogP contribution >= 0.6 is 0 Å². The molecule has 1 unspecified atom stereocenters. The van der Waals surface area contributed by atoms with Crippen LogP contribution < -0.4 is 10.6 Å². The van der Waals surface area contributed by atoms with E-state index in [4.69, 9.17) is 0 Å². The molecule has 1 aliphatic heterocycles. The Morgan fingerprint density at radius 1 is 1.39 bits per heavy atom. The quantitative estimate of drug-likeness (QED) is 0.463. The van der Waals surface area contributed by atoms with Crippen molar-refractivity contribution in [3.8, 4) is 17.3 Å². The van der Waals surface area contributed by atoms with Crippen LogP contribution in [-0.4, -0.2) is 61.9 Å². The van der Waals surface area contributed by atoms with Crippen LogP contribution in [0.5, 0.6) is 0 Å². The van der Waals surface area contributed by atoms with Crippen molar-refractivity contribution in [2.75, 3.05) is 30.8 Å². The van der Waals surface area contributed by atoms with Crippen LogP contribution in [0.2, 0.25) is 0 Å². The van der Waals surface area contributed by atoms with Gasteiger partial charge in [0, 0.05) is 48.9 Å². The van der Waals surface area contributed by atoms with Gasteiger partial charge >= 0.3 is 0 Å². The Morgan fingerprint density at radius 2 is 2.17 bits per heavy atom. The Labute approximate surface area is 210 Å². The second-order valence-electron chi connectivity index (χ2n) is 10.1. The van der Waals surface area contributed by atoms with Gasteiger partial charge in [0.05, 0.1) is 23.6 Å². The van der Waals surface area contributed by atoms with Gasteiger partial charge in [-0.05, 0) is 50.5 Å². The molecule has 1 saturated carbocycles. The average Bonchev–Trinajstić information content (AvgIpc) is 3.56. The molecule has 2 aromatic heterocycles. The first-order valence-corrected chi connectivity index (χ1v) is 12.1. The lowest BCUT2D eigenvalue weighted by molar-refractivity contribution is 0.0770. The predicted molar refractivity (Wildman–Crippen MR) is 136 cm³/mol. The van der Waals surface area contributed by atoms with E-state index in [2.05, 4.69) is 31.8 Å². The third kappa shape index (κ3) is 4.16. The Kier molecular flexibility index (Phi) is 5.88. The lowest BCUT2D eigenvalue weighted by atomic mass is 9.83. The van der Waals surface area contributed by atoms with Gasteiger partial charge in [0.15, 0.2) is 5.82 Å². The Balaban J connectivity index is 1.46. The zero-order valence-corrected chi connectivity index (χ0v) is 20.9. The van der Waals surface area contributed by atoms with Crippen LogP contribution in [0.3, 0.4) is 0 Å². The molecule has 3 heterocycles. The van der Waals surface area contributed by atoms with E-state index in [-0.39, 0.29) is 18.6 Å². The maximum atomic E-state index is 13.0. The van der Waals surface area contributed by atoms with Gasteiger partial charge in [-0.2, -0.15) is 10.4 Å². The number of nitrogens with one attached hydrogen (secondary N) is 2. The fraction of sp³-hybridized carbons (Fsp3) is 0.423. The summed E-state index contributed by atoms with van der Waals surface area (Å²) in [5, 5.41) is 30.7. The zero-order valence-electron chi connectivity index (χ0n) is 20.9. The molecule has 1 aromatic carbocycles. The number of aliphatic hydroxyl groups is 1. The van der Waals surface area contributed by atoms with Crippen molar-refractivity contribution in [2.45, 2.75) is 51.1 Å². The summed E-state index contributed by atoms with van der Waals surface area (Å²) >= 11 is 0. The molecule has 0 bridgehead atoms. The lowest BCUT2D eigenvalue weighted by Crippen LogP contribution is -2.31. The zero-order chi connectivity index (χ0) is 25.6. The molecule has 186 valence electrons. The minimum Gasteiger partial charge on any atom is -0.395 e. The number of nitriles is 1. The van der Waals surface area contributed by atoms with Gasteiger partial charge < -0.3 is 20.6 Å². The molecule has 1 atom stereocenters. The predicted octanol–water partition coefficient (Wildman–Crippen LogP) is 3.45. The molecule has 10 nitrogen and oxygen atoms in total. The topological polar surface area (TPSA) is 132 Å². The van der Waals surface area contributed by atoms with Crippen LogP contribution in [0.25, 0.3) is 11.3 Å². The highest BCUT2D eigenvalue weighted by Crippen LogP contribution is 2.41. The van der Waals surface area contributed by atoms with Crippen molar-refractivity contribution in [1.82, 2.24) is 24.6 Å². The van der Waals surface area contributed by atoms with Crippen molar-refractivity contribution in [3.63, 3.8) is 0 Å². The SMILES string of the molecule is CC(C)n1nc(Nc2nccc(-c3cc(C#N)c4c(c3)C(C)(CO)CN4)n2)cc1C(=O)N(C)C1CC1. The number of nitrogens with zero attached hydrogens (tertiary/aromatic N) is 6. The molecular formula is C26H30N8O2. The summed E-state index contributed by atoms with van der Waals surface area (Å²) < 4.78 is 1.72. The molecule has 0 saturated heterocycles. The minimum atomic E-state index is -0.481. The van der Waals surface area contributed by atoms with Gasteiger partial charge in [0.25, 0.3) is 5.91 Å². The van der Waals surface area contributed by atoms with E-state index < -0.39 is 5.41 Å².